The fraction of sp³-hybridized carbons (Fsp3) is 0.200. The predicted molar refractivity (Wildman–Crippen MR) is 108 cm³/mol. The van der Waals surface area contributed by atoms with Gasteiger partial charge in [0.15, 0.2) is 0 Å². The van der Waals surface area contributed by atoms with Crippen molar-refractivity contribution in [2.45, 2.75) is 12.7 Å². The lowest BCUT2D eigenvalue weighted by Gasteiger charge is -2.06. The molecule has 0 bridgehead atoms. The van der Waals surface area contributed by atoms with Crippen molar-refractivity contribution in [2.75, 3.05) is 17.7 Å². The Balaban J connectivity index is 1.77. The normalized spacial score (nSPS) is 10.7. The zero-order valence-electron chi connectivity index (χ0n) is 14.4. The number of amides is 1. The van der Waals surface area contributed by atoms with Gasteiger partial charge in [-0.05, 0) is 48.4 Å². The van der Waals surface area contributed by atoms with Gasteiger partial charge in [0.2, 0.25) is 5.91 Å². The largest absolute Gasteiger partial charge is 0.463 e. The van der Waals surface area contributed by atoms with Gasteiger partial charge < -0.3 is 10.1 Å². The molecule has 1 amide bonds. The zero-order valence-corrected chi connectivity index (χ0v) is 16.0. The summed E-state index contributed by atoms with van der Waals surface area (Å²) in [5.41, 5.74) is 2.66. The number of esters is 1. The molecule has 1 N–H and O–H groups in total. The summed E-state index contributed by atoms with van der Waals surface area (Å²) in [6.07, 6.45) is 3.05. The molecule has 136 valence electrons. The van der Waals surface area contributed by atoms with Crippen LogP contribution < -0.4 is 5.32 Å². The second kappa shape index (κ2) is 10.7. The number of nitrogens with one attached hydrogen (secondary N) is 1. The molecule has 6 heteroatoms. The second-order valence-corrected chi connectivity index (χ2v) is 6.80. The fourth-order valence-electron chi connectivity index (χ4n) is 2.12. The maximum Gasteiger partial charge on any atom is 0.330 e. The number of hydrogen-bond donors (Lipinski definition) is 1. The summed E-state index contributed by atoms with van der Waals surface area (Å²) in [4.78, 5) is 23.3. The van der Waals surface area contributed by atoms with E-state index in [1.807, 2.05) is 36.4 Å². The van der Waals surface area contributed by atoms with Gasteiger partial charge >= 0.3 is 5.97 Å². The molecule has 0 aliphatic carbocycles. The van der Waals surface area contributed by atoms with Crippen LogP contribution in [-0.2, 0) is 20.1 Å². The number of anilines is 1. The van der Waals surface area contributed by atoms with E-state index in [9.17, 15) is 9.59 Å². The van der Waals surface area contributed by atoms with Crippen molar-refractivity contribution in [3.8, 4) is 0 Å². The van der Waals surface area contributed by atoms with Gasteiger partial charge in [0, 0.05) is 22.5 Å². The topological polar surface area (TPSA) is 55.4 Å². The van der Waals surface area contributed by atoms with Crippen LogP contribution in [-0.4, -0.2) is 24.2 Å². The van der Waals surface area contributed by atoms with Gasteiger partial charge in [-0.3, -0.25) is 4.79 Å². The highest BCUT2D eigenvalue weighted by molar-refractivity contribution is 7.99. The SMILES string of the molecule is CCOC(=O)/C=C/c1ccc(NC(=O)CSCc2cccc(Cl)c2)cc1. The minimum Gasteiger partial charge on any atom is -0.463 e. The molecule has 0 saturated heterocycles. The predicted octanol–water partition coefficient (Wildman–Crippen LogP) is 4.79. The number of ether oxygens (including phenoxy) is 1. The summed E-state index contributed by atoms with van der Waals surface area (Å²) < 4.78 is 4.82. The second-order valence-electron chi connectivity index (χ2n) is 5.38. The maximum atomic E-state index is 12.0. The number of carbonyl (C=O) groups excluding carboxylic acids is 2. The van der Waals surface area contributed by atoms with Crippen LogP contribution >= 0.6 is 23.4 Å². The first-order chi connectivity index (χ1) is 12.6. The van der Waals surface area contributed by atoms with Gasteiger partial charge in [-0.15, -0.1) is 11.8 Å². The van der Waals surface area contributed by atoms with Crippen molar-refractivity contribution in [2.24, 2.45) is 0 Å². The monoisotopic (exact) mass is 389 g/mol. The molecule has 0 fully saturated rings. The molecule has 0 saturated carbocycles. The summed E-state index contributed by atoms with van der Waals surface area (Å²) in [6, 6.07) is 14.8. The van der Waals surface area contributed by atoms with Crippen molar-refractivity contribution >= 4 is 47.0 Å². The van der Waals surface area contributed by atoms with E-state index in [0.717, 1.165) is 16.9 Å². The number of carbonyl (C=O) groups is 2. The quantitative estimate of drug-likeness (QED) is 0.521. The van der Waals surface area contributed by atoms with Gasteiger partial charge in [-0.1, -0.05) is 35.9 Å². The first kappa shape index (κ1) is 20.1. The Hall–Kier alpha value is -2.24. The Bertz CT molecular complexity index is 775. The van der Waals surface area contributed by atoms with Crippen LogP contribution in [0.15, 0.2) is 54.6 Å². The van der Waals surface area contributed by atoms with Crippen LogP contribution in [0.1, 0.15) is 18.1 Å². The van der Waals surface area contributed by atoms with E-state index in [1.54, 1.807) is 25.1 Å². The summed E-state index contributed by atoms with van der Waals surface area (Å²) in [5.74, 6) is 0.649. The highest BCUT2D eigenvalue weighted by Crippen LogP contribution is 2.17. The van der Waals surface area contributed by atoms with Crippen LogP contribution in [0, 0.1) is 0 Å². The molecular weight excluding hydrogens is 370 g/mol. The van der Waals surface area contributed by atoms with Crippen LogP contribution in [0.25, 0.3) is 6.08 Å². The summed E-state index contributed by atoms with van der Waals surface area (Å²) in [6.45, 7) is 2.11. The van der Waals surface area contributed by atoms with Crippen LogP contribution in [0.5, 0.6) is 0 Å². The molecule has 0 radical (unpaired) electrons. The number of thioether (sulfide) groups is 1. The molecule has 2 rings (SSSR count). The Morgan fingerprint density at radius 3 is 2.65 bits per heavy atom. The third-order valence-electron chi connectivity index (χ3n) is 3.28. The molecule has 0 atom stereocenters. The molecule has 4 nitrogen and oxygen atoms in total. The fourth-order valence-corrected chi connectivity index (χ4v) is 3.11. The first-order valence-electron chi connectivity index (χ1n) is 8.14. The number of benzene rings is 2. The lowest BCUT2D eigenvalue weighted by atomic mass is 10.2. The average Bonchev–Trinajstić information content (AvgIpc) is 2.61. The van der Waals surface area contributed by atoms with E-state index < -0.39 is 0 Å². The van der Waals surface area contributed by atoms with Crippen molar-refractivity contribution < 1.29 is 14.3 Å². The summed E-state index contributed by atoms with van der Waals surface area (Å²) in [5, 5.41) is 3.55. The Morgan fingerprint density at radius 1 is 1.19 bits per heavy atom. The Morgan fingerprint density at radius 2 is 1.96 bits per heavy atom. The van der Waals surface area contributed by atoms with E-state index in [-0.39, 0.29) is 11.9 Å². The molecule has 0 unspecified atom stereocenters. The smallest absolute Gasteiger partial charge is 0.330 e. The van der Waals surface area contributed by atoms with Crippen LogP contribution in [0.2, 0.25) is 5.02 Å². The minimum atomic E-state index is -0.374. The minimum absolute atomic E-state index is 0.0631. The zero-order chi connectivity index (χ0) is 18.8. The van der Waals surface area contributed by atoms with Crippen LogP contribution in [0.3, 0.4) is 0 Å². The molecule has 0 heterocycles. The lowest BCUT2D eigenvalue weighted by Crippen LogP contribution is -2.14. The first-order valence-corrected chi connectivity index (χ1v) is 9.67. The summed E-state index contributed by atoms with van der Waals surface area (Å²) in [7, 11) is 0. The molecule has 2 aromatic carbocycles. The molecule has 0 aliphatic rings. The molecule has 0 aliphatic heterocycles. The standard InChI is InChI=1S/C20H20ClNO3S/c1-2-25-20(24)11-8-15-6-9-18(10-7-15)22-19(23)14-26-13-16-4-3-5-17(21)12-16/h3-12H,2,13-14H2,1H3,(H,22,23)/b11-8+. The van der Waals surface area contributed by atoms with Gasteiger partial charge in [-0.2, -0.15) is 0 Å². The molecule has 0 spiro atoms. The molecule has 0 aromatic heterocycles. The van der Waals surface area contributed by atoms with E-state index in [0.29, 0.717) is 23.1 Å². The third-order valence-corrected chi connectivity index (χ3v) is 4.52. The Kier molecular flexibility index (Phi) is 8.25. The average molecular weight is 390 g/mol. The van der Waals surface area contributed by atoms with Gasteiger partial charge in [-0.25, -0.2) is 4.79 Å². The number of halogens is 1. The van der Waals surface area contributed by atoms with Crippen molar-refractivity contribution in [3.05, 3.63) is 70.8 Å². The molecular formula is C20H20ClNO3S. The lowest BCUT2D eigenvalue weighted by molar-refractivity contribution is -0.137. The number of hydrogen-bond acceptors (Lipinski definition) is 4. The van der Waals surface area contributed by atoms with Gasteiger partial charge in [0.1, 0.15) is 0 Å². The van der Waals surface area contributed by atoms with Crippen molar-refractivity contribution in [1.29, 1.82) is 0 Å². The van der Waals surface area contributed by atoms with E-state index in [4.69, 9.17) is 16.3 Å². The van der Waals surface area contributed by atoms with Crippen LogP contribution in [0.4, 0.5) is 5.69 Å². The maximum absolute atomic E-state index is 12.0. The number of rotatable bonds is 8. The third kappa shape index (κ3) is 7.33. The molecule has 2 aromatic rings. The van der Waals surface area contributed by atoms with Crippen molar-refractivity contribution in [3.63, 3.8) is 0 Å². The summed E-state index contributed by atoms with van der Waals surface area (Å²) >= 11 is 7.47. The van der Waals surface area contributed by atoms with E-state index in [1.165, 1.54) is 17.8 Å². The van der Waals surface area contributed by atoms with Gasteiger partial charge in [0.05, 0.1) is 12.4 Å². The van der Waals surface area contributed by atoms with Gasteiger partial charge in [0.25, 0.3) is 0 Å². The van der Waals surface area contributed by atoms with E-state index in [2.05, 4.69) is 5.32 Å². The molecule has 26 heavy (non-hydrogen) atoms. The van der Waals surface area contributed by atoms with Crippen molar-refractivity contribution in [1.82, 2.24) is 0 Å². The van der Waals surface area contributed by atoms with E-state index >= 15 is 0 Å². The Labute approximate surface area is 162 Å². The highest BCUT2D eigenvalue weighted by atomic mass is 35.5. The highest BCUT2D eigenvalue weighted by Gasteiger charge is 2.04.